The summed E-state index contributed by atoms with van der Waals surface area (Å²) in [5.74, 6) is 0. The van der Waals surface area contributed by atoms with Crippen LogP contribution in [-0.2, 0) is 12.6 Å². The molecule has 0 atom stereocenters. The molecule has 0 bridgehead atoms. The summed E-state index contributed by atoms with van der Waals surface area (Å²) in [4.78, 5) is 0. The average Bonchev–Trinajstić information content (AvgIpc) is 2.97. The number of nitrogens with zero attached hydrogens (tertiary/aromatic N) is 1. The Balaban J connectivity index is 1.71. The van der Waals surface area contributed by atoms with Gasteiger partial charge in [0.25, 0.3) is 0 Å². The SMILES string of the molecule is FC(F)(F)c1ccc(Cl)c(NC(=S)N/N=C2\CCc3ccccc32)c1. The van der Waals surface area contributed by atoms with E-state index >= 15 is 0 Å². The summed E-state index contributed by atoms with van der Waals surface area (Å²) < 4.78 is 38.4. The van der Waals surface area contributed by atoms with Crippen molar-refractivity contribution in [2.24, 2.45) is 5.10 Å². The van der Waals surface area contributed by atoms with Crippen LogP contribution in [0.15, 0.2) is 47.6 Å². The lowest BCUT2D eigenvalue weighted by molar-refractivity contribution is -0.137. The number of halogens is 4. The van der Waals surface area contributed by atoms with Crippen LogP contribution in [0, 0.1) is 0 Å². The molecule has 0 aliphatic heterocycles. The molecule has 0 spiro atoms. The van der Waals surface area contributed by atoms with Crippen LogP contribution in [0.5, 0.6) is 0 Å². The normalized spacial score (nSPS) is 15.1. The lowest BCUT2D eigenvalue weighted by atomic mass is 10.1. The van der Waals surface area contributed by atoms with E-state index in [9.17, 15) is 13.2 Å². The zero-order valence-electron chi connectivity index (χ0n) is 12.8. The van der Waals surface area contributed by atoms with Crippen molar-refractivity contribution in [1.82, 2.24) is 5.43 Å². The Kier molecular flexibility index (Phi) is 4.96. The molecule has 0 aromatic heterocycles. The van der Waals surface area contributed by atoms with Gasteiger partial charge in [-0.3, -0.25) is 5.43 Å². The number of hydrogen-bond donors (Lipinski definition) is 2. The molecule has 1 aliphatic carbocycles. The molecule has 2 aromatic carbocycles. The summed E-state index contributed by atoms with van der Waals surface area (Å²) in [7, 11) is 0. The number of fused-ring (bicyclic) bond motifs is 1. The molecule has 2 N–H and O–H groups in total. The van der Waals surface area contributed by atoms with Gasteiger partial charge in [-0.25, -0.2) is 0 Å². The third-order valence-corrected chi connectivity index (χ3v) is 4.32. The van der Waals surface area contributed by atoms with Crippen molar-refractivity contribution in [2.45, 2.75) is 19.0 Å². The van der Waals surface area contributed by atoms with Crippen molar-refractivity contribution in [3.63, 3.8) is 0 Å². The molecule has 0 amide bonds. The molecule has 2 aromatic rings. The van der Waals surface area contributed by atoms with Gasteiger partial charge >= 0.3 is 6.18 Å². The van der Waals surface area contributed by atoms with Gasteiger partial charge in [-0.1, -0.05) is 35.9 Å². The van der Waals surface area contributed by atoms with Gasteiger partial charge in [0.15, 0.2) is 5.11 Å². The summed E-state index contributed by atoms with van der Waals surface area (Å²) in [6.45, 7) is 0. The molecule has 3 nitrogen and oxygen atoms in total. The van der Waals surface area contributed by atoms with E-state index in [1.165, 1.54) is 11.6 Å². The minimum atomic E-state index is -4.45. The number of rotatable bonds is 2. The predicted molar refractivity (Wildman–Crippen MR) is 97.1 cm³/mol. The largest absolute Gasteiger partial charge is 0.416 e. The first kappa shape index (κ1) is 17.7. The number of hydrazone groups is 1. The maximum absolute atomic E-state index is 12.8. The Morgan fingerprint density at radius 1 is 1.12 bits per heavy atom. The van der Waals surface area contributed by atoms with E-state index in [4.69, 9.17) is 23.8 Å². The summed E-state index contributed by atoms with van der Waals surface area (Å²) in [5.41, 5.74) is 5.05. The quantitative estimate of drug-likeness (QED) is 0.566. The monoisotopic (exact) mass is 383 g/mol. The van der Waals surface area contributed by atoms with E-state index in [0.717, 1.165) is 36.2 Å². The third kappa shape index (κ3) is 4.11. The van der Waals surface area contributed by atoms with Crippen LogP contribution in [0.1, 0.15) is 23.1 Å². The fraction of sp³-hybridized carbons (Fsp3) is 0.176. The van der Waals surface area contributed by atoms with Gasteiger partial charge in [-0.05, 0) is 48.8 Å². The first-order chi connectivity index (χ1) is 11.8. The minimum absolute atomic E-state index is 0.0677. The number of benzene rings is 2. The number of anilines is 1. The molecule has 0 saturated heterocycles. The van der Waals surface area contributed by atoms with Crippen molar-refractivity contribution < 1.29 is 13.2 Å². The van der Waals surface area contributed by atoms with E-state index in [1.54, 1.807) is 0 Å². The molecule has 130 valence electrons. The summed E-state index contributed by atoms with van der Waals surface area (Å²) >= 11 is 11.0. The van der Waals surface area contributed by atoms with E-state index in [0.29, 0.717) is 0 Å². The van der Waals surface area contributed by atoms with E-state index in [-0.39, 0.29) is 15.8 Å². The van der Waals surface area contributed by atoms with Crippen LogP contribution in [0.3, 0.4) is 0 Å². The fourth-order valence-corrected chi connectivity index (χ4v) is 2.91. The molecular weight excluding hydrogens is 371 g/mol. The molecule has 1 aliphatic rings. The molecule has 0 radical (unpaired) electrons. The van der Waals surface area contributed by atoms with Crippen molar-refractivity contribution >= 4 is 40.3 Å². The third-order valence-electron chi connectivity index (χ3n) is 3.79. The number of thiocarbonyl (C=S) groups is 1. The Hall–Kier alpha value is -2.12. The van der Waals surface area contributed by atoms with Gasteiger partial charge < -0.3 is 5.32 Å². The van der Waals surface area contributed by atoms with Crippen LogP contribution in [0.4, 0.5) is 18.9 Å². The standard InChI is InChI=1S/C17H13ClF3N3S/c18-13-7-6-11(17(19,20)21)9-15(13)22-16(25)24-23-14-8-5-10-3-1-2-4-12(10)14/h1-4,6-7,9H,5,8H2,(H2,22,24,25)/b23-14+. The lowest BCUT2D eigenvalue weighted by Gasteiger charge is -2.13. The van der Waals surface area contributed by atoms with Gasteiger partial charge in [-0.15, -0.1) is 0 Å². The Morgan fingerprint density at radius 2 is 1.88 bits per heavy atom. The first-order valence-corrected chi connectivity index (χ1v) is 8.22. The summed E-state index contributed by atoms with van der Waals surface area (Å²) in [6.07, 6.45) is -2.78. The van der Waals surface area contributed by atoms with Crippen molar-refractivity contribution in [3.05, 3.63) is 64.2 Å². The maximum Gasteiger partial charge on any atom is 0.416 e. The summed E-state index contributed by atoms with van der Waals surface area (Å²) in [6, 6.07) is 10.9. The van der Waals surface area contributed by atoms with Crippen LogP contribution in [0.25, 0.3) is 0 Å². The van der Waals surface area contributed by atoms with Crippen molar-refractivity contribution in [3.8, 4) is 0 Å². The van der Waals surface area contributed by atoms with E-state index in [1.807, 2.05) is 24.3 Å². The molecular formula is C17H13ClF3N3S. The molecule has 0 unspecified atom stereocenters. The smallest absolute Gasteiger partial charge is 0.330 e. The number of alkyl halides is 3. The lowest BCUT2D eigenvalue weighted by Crippen LogP contribution is -2.25. The topological polar surface area (TPSA) is 36.4 Å². The molecule has 0 heterocycles. The fourth-order valence-electron chi connectivity index (χ4n) is 2.59. The summed E-state index contributed by atoms with van der Waals surface area (Å²) in [5, 5.41) is 7.11. The Labute approximate surface area is 152 Å². The second-order valence-corrected chi connectivity index (χ2v) is 6.29. The minimum Gasteiger partial charge on any atom is -0.330 e. The molecule has 0 saturated carbocycles. The molecule has 25 heavy (non-hydrogen) atoms. The van der Waals surface area contributed by atoms with Gasteiger partial charge in [0.1, 0.15) is 0 Å². The number of hydrogen-bond acceptors (Lipinski definition) is 2. The average molecular weight is 384 g/mol. The second-order valence-electron chi connectivity index (χ2n) is 5.47. The Bertz CT molecular complexity index is 849. The zero-order valence-corrected chi connectivity index (χ0v) is 14.4. The Morgan fingerprint density at radius 3 is 2.64 bits per heavy atom. The molecule has 8 heteroatoms. The molecule has 3 rings (SSSR count). The van der Waals surface area contributed by atoms with Crippen LogP contribution >= 0.6 is 23.8 Å². The highest BCUT2D eigenvalue weighted by molar-refractivity contribution is 7.80. The van der Waals surface area contributed by atoms with Gasteiger partial charge in [0.2, 0.25) is 0 Å². The van der Waals surface area contributed by atoms with Crippen molar-refractivity contribution in [2.75, 3.05) is 5.32 Å². The van der Waals surface area contributed by atoms with Crippen LogP contribution in [-0.4, -0.2) is 10.8 Å². The van der Waals surface area contributed by atoms with E-state index in [2.05, 4.69) is 15.8 Å². The van der Waals surface area contributed by atoms with Gasteiger partial charge in [0.05, 0.1) is 22.0 Å². The van der Waals surface area contributed by atoms with Crippen molar-refractivity contribution in [1.29, 1.82) is 0 Å². The van der Waals surface area contributed by atoms with E-state index < -0.39 is 11.7 Å². The van der Waals surface area contributed by atoms with Crippen LogP contribution < -0.4 is 10.7 Å². The zero-order chi connectivity index (χ0) is 18.0. The van der Waals surface area contributed by atoms with Gasteiger partial charge in [0, 0.05) is 5.56 Å². The first-order valence-electron chi connectivity index (χ1n) is 7.43. The highest BCUT2D eigenvalue weighted by Gasteiger charge is 2.31. The highest BCUT2D eigenvalue weighted by atomic mass is 35.5. The predicted octanol–water partition coefficient (Wildman–Crippen LogP) is 5.00. The molecule has 0 fully saturated rings. The van der Waals surface area contributed by atoms with Crippen LogP contribution in [0.2, 0.25) is 5.02 Å². The highest BCUT2D eigenvalue weighted by Crippen LogP contribution is 2.33. The maximum atomic E-state index is 12.8. The number of nitrogens with one attached hydrogen (secondary N) is 2. The van der Waals surface area contributed by atoms with Gasteiger partial charge in [-0.2, -0.15) is 18.3 Å². The second kappa shape index (κ2) is 7.01. The number of aryl methyl sites for hydroxylation is 1.